The molecule has 0 spiro atoms. The Morgan fingerprint density at radius 2 is 0.536 bits per heavy atom. The van der Waals surface area contributed by atoms with E-state index in [1.54, 1.807) is 0 Å². The Kier molecular flexibility index (Phi) is 18.4. The van der Waals surface area contributed by atoms with E-state index in [0.717, 1.165) is 13.8 Å². The van der Waals surface area contributed by atoms with E-state index in [-0.39, 0.29) is 0 Å². The molecule has 0 radical (unpaired) electrons. The Bertz CT molecular complexity index is 1620. The lowest BCUT2D eigenvalue weighted by Gasteiger charge is -2.43. The standard InChI is InChI=1S/C29H22F34I2O4/c1-13(2)68-11(7-66-5-9(64)3-14(30,31)16(34,35)18(38,39)20(42,43)22(46,47)24(50,51)26(54,55)28(58,59)60)12(69-13)8-67-6-10(65)4-15(32,33)17(36,37)19(40,41)21(44,45)23(48,49)25(52,53)27(56,57)29(61,62)63/h9-12H,3-8H2,1-2H3/t9?,10?,11-,12-/m1/s1. The maximum atomic E-state index is 14.4. The molecule has 4 nitrogen and oxygen atoms in total. The quantitative estimate of drug-likeness (QED) is 0.0548. The molecule has 0 amide bonds. The summed E-state index contributed by atoms with van der Waals surface area (Å²) in [6.07, 6.45) is -25.3. The van der Waals surface area contributed by atoms with Crippen LogP contribution in [-0.4, -0.2) is 148 Å². The average Bonchev–Trinajstić information content (AvgIpc) is 3.41. The summed E-state index contributed by atoms with van der Waals surface area (Å²) in [5.41, 5.74) is 0. The molecular weight excluding hydrogens is 1310 g/mol. The third-order valence-electron chi connectivity index (χ3n) is 8.98. The zero-order valence-electron chi connectivity index (χ0n) is 32.3. The second-order valence-corrected chi connectivity index (χ2v) is 18.2. The number of halogens is 36. The van der Waals surface area contributed by atoms with Gasteiger partial charge in [0.15, 0.2) is 5.79 Å². The van der Waals surface area contributed by atoms with Gasteiger partial charge in [0.2, 0.25) is 0 Å². The first-order valence-electron chi connectivity index (χ1n) is 16.9. The molecule has 0 aromatic carbocycles. The molecule has 40 heteroatoms. The molecule has 69 heavy (non-hydrogen) atoms. The second kappa shape index (κ2) is 19.2. The zero-order valence-corrected chi connectivity index (χ0v) is 36.6. The summed E-state index contributed by atoms with van der Waals surface area (Å²) in [6.45, 7) is -3.33. The highest BCUT2D eigenvalue weighted by Crippen LogP contribution is 2.66. The summed E-state index contributed by atoms with van der Waals surface area (Å²) in [5, 5.41) is 0. The molecule has 4 atom stereocenters. The van der Waals surface area contributed by atoms with Gasteiger partial charge in [-0.1, -0.05) is 45.2 Å². The van der Waals surface area contributed by atoms with Gasteiger partial charge in [-0.25, -0.2) is 0 Å². The van der Waals surface area contributed by atoms with Crippen molar-refractivity contribution >= 4 is 45.2 Å². The van der Waals surface area contributed by atoms with Crippen molar-refractivity contribution in [3.63, 3.8) is 0 Å². The van der Waals surface area contributed by atoms with Crippen LogP contribution >= 0.6 is 45.2 Å². The molecule has 0 saturated carbocycles. The minimum absolute atomic E-state index is 0.565. The lowest BCUT2D eigenvalue weighted by molar-refractivity contribution is -0.461. The normalized spacial score (nSPS) is 21.0. The summed E-state index contributed by atoms with van der Waals surface area (Å²) in [7, 11) is 0. The van der Waals surface area contributed by atoms with Gasteiger partial charge in [-0.05, 0) is 13.8 Å². The lowest BCUT2D eigenvalue weighted by atomic mass is 9.88. The maximum absolute atomic E-state index is 14.4. The van der Waals surface area contributed by atoms with E-state index in [9.17, 15) is 149 Å². The summed E-state index contributed by atoms with van der Waals surface area (Å²) >= 11 is 1.13. The van der Waals surface area contributed by atoms with Gasteiger partial charge in [0, 0.05) is 20.7 Å². The Balaban J connectivity index is 3.14. The fourth-order valence-electron chi connectivity index (χ4n) is 5.14. The summed E-state index contributed by atoms with van der Waals surface area (Å²) in [6, 6.07) is 0. The Morgan fingerprint density at radius 3 is 0.739 bits per heavy atom. The fraction of sp³-hybridized carbons (Fsp3) is 1.00. The molecule has 0 N–H and O–H groups in total. The zero-order chi connectivity index (χ0) is 55.9. The van der Waals surface area contributed by atoms with Gasteiger partial charge in [0.25, 0.3) is 0 Å². The molecule has 1 saturated heterocycles. The van der Waals surface area contributed by atoms with E-state index < -0.39 is 160 Å². The first-order chi connectivity index (χ1) is 29.7. The molecule has 1 heterocycles. The van der Waals surface area contributed by atoms with Crippen LogP contribution in [0.15, 0.2) is 0 Å². The summed E-state index contributed by atoms with van der Waals surface area (Å²) in [5.74, 6) is -118. The molecule has 0 aromatic heterocycles. The second-order valence-electron chi connectivity index (χ2n) is 14.7. The third kappa shape index (κ3) is 10.9. The molecule has 1 aliphatic heterocycles. The smallest absolute Gasteiger partial charge is 0.378 e. The van der Waals surface area contributed by atoms with E-state index >= 15 is 0 Å². The highest BCUT2D eigenvalue weighted by Gasteiger charge is 2.97. The summed E-state index contributed by atoms with van der Waals surface area (Å²) < 4.78 is 476. The molecule has 2 unspecified atom stereocenters. The number of rotatable bonds is 24. The number of ether oxygens (including phenoxy) is 4. The van der Waals surface area contributed by atoms with E-state index in [1.807, 2.05) is 0 Å². The molecule has 1 rings (SSSR count). The van der Waals surface area contributed by atoms with Gasteiger partial charge >= 0.3 is 95.3 Å². The molecule has 0 aromatic rings. The third-order valence-corrected chi connectivity index (χ3v) is 10.6. The van der Waals surface area contributed by atoms with Crippen LogP contribution in [0.4, 0.5) is 149 Å². The first kappa shape index (κ1) is 65.9. The van der Waals surface area contributed by atoms with Crippen molar-refractivity contribution in [2.45, 2.75) is 148 Å². The SMILES string of the molecule is CC1(C)O[C@H](COCC(I)CC(F)(F)C(F)(F)C(F)(F)C(F)(F)C(F)(F)C(F)(F)C(F)(F)C(F)(F)F)[C@@H](COCC(I)CC(F)(F)C(F)(F)C(F)(F)C(F)(F)C(F)(F)C(F)(F)C(F)(F)C(F)(F)F)O1. The lowest BCUT2D eigenvalue weighted by Crippen LogP contribution is -2.74. The van der Waals surface area contributed by atoms with Gasteiger partial charge < -0.3 is 18.9 Å². The van der Waals surface area contributed by atoms with Crippen molar-refractivity contribution in [1.82, 2.24) is 0 Å². The van der Waals surface area contributed by atoms with Crippen LogP contribution in [0.5, 0.6) is 0 Å². The van der Waals surface area contributed by atoms with Crippen LogP contribution < -0.4 is 0 Å². The first-order valence-corrected chi connectivity index (χ1v) is 19.4. The van der Waals surface area contributed by atoms with Crippen molar-refractivity contribution in [3.05, 3.63) is 0 Å². The Hall–Kier alpha value is -1.08. The van der Waals surface area contributed by atoms with Crippen molar-refractivity contribution in [3.8, 4) is 0 Å². The highest BCUT2D eigenvalue weighted by atomic mass is 127. The van der Waals surface area contributed by atoms with Crippen LogP contribution in [0.3, 0.4) is 0 Å². The fourth-order valence-corrected chi connectivity index (χ4v) is 6.75. The molecule has 1 fully saturated rings. The van der Waals surface area contributed by atoms with Gasteiger partial charge in [0.1, 0.15) is 12.2 Å². The van der Waals surface area contributed by atoms with Gasteiger partial charge in [-0.15, -0.1) is 0 Å². The number of alkyl halides is 36. The van der Waals surface area contributed by atoms with Crippen molar-refractivity contribution in [2.75, 3.05) is 26.4 Å². The predicted molar refractivity (Wildman–Crippen MR) is 172 cm³/mol. The van der Waals surface area contributed by atoms with Gasteiger partial charge in [-0.2, -0.15) is 149 Å². The van der Waals surface area contributed by atoms with E-state index in [0.29, 0.717) is 45.2 Å². The van der Waals surface area contributed by atoms with Crippen LogP contribution in [0.1, 0.15) is 26.7 Å². The minimum Gasteiger partial charge on any atom is -0.378 e. The average molecular weight is 1330 g/mol. The van der Waals surface area contributed by atoms with E-state index in [1.165, 1.54) is 0 Å². The Labute approximate surface area is 387 Å². The van der Waals surface area contributed by atoms with Gasteiger partial charge in [0.05, 0.1) is 26.4 Å². The maximum Gasteiger partial charge on any atom is 0.460 e. The van der Waals surface area contributed by atoms with E-state index in [2.05, 4.69) is 0 Å². The van der Waals surface area contributed by atoms with Crippen molar-refractivity contribution < 1.29 is 168 Å². The number of hydrogen-bond acceptors (Lipinski definition) is 4. The number of hydrogen-bond donors (Lipinski definition) is 0. The van der Waals surface area contributed by atoms with Crippen molar-refractivity contribution in [1.29, 1.82) is 0 Å². The monoisotopic (exact) mass is 1330 g/mol. The topological polar surface area (TPSA) is 36.9 Å². The minimum atomic E-state index is -8.88. The van der Waals surface area contributed by atoms with Gasteiger partial charge in [-0.3, -0.25) is 0 Å². The van der Waals surface area contributed by atoms with Crippen LogP contribution in [-0.2, 0) is 18.9 Å². The van der Waals surface area contributed by atoms with Crippen LogP contribution in [0.2, 0.25) is 0 Å². The molecule has 0 bridgehead atoms. The molecule has 414 valence electrons. The molecule has 1 aliphatic rings. The highest BCUT2D eigenvalue weighted by molar-refractivity contribution is 14.1. The largest absolute Gasteiger partial charge is 0.460 e. The molecule has 0 aliphatic carbocycles. The van der Waals surface area contributed by atoms with Crippen molar-refractivity contribution in [2.24, 2.45) is 0 Å². The predicted octanol–water partition coefficient (Wildman–Crippen LogP) is 13.9. The Morgan fingerprint density at radius 1 is 0.348 bits per heavy atom. The summed E-state index contributed by atoms with van der Waals surface area (Å²) in [4.78, 5) is 0. The van der Waals surface area contributed by atoms with Crippen LogP contribution in [0, 0.1) is 0 Å². The van der Waals surface area contributed by atoms with Crippen LogP contribution in [0.25, 0.3) is 0 Å². The van der Waals surface area contributed by atoms with E-state index in [4.69, 9.17) is 18.9 Å². The molecular formula is C29H22F34I2O4.